The Labute approximate surface area is 247 Å². The Bertz CT molecular complexity index is 1480. The van der Waals surface area contributed by atoms with Crippen LogP contribution in [-0.4, -0.2) is 42.1 Å². The number of carbonyl (C=O) groups excluding carboxylic acids is 2. The first-order valence-corrected chi connectivity index (χ1v) is 14.4. The highest BCUT2D eigenvalue weighted by Crippen LogP contribution is 2.35. The zero-order valence-corrected chi connectivity index (χ0v) is 24.1. The number of aliphatic imine (C=N–C) groups is 1. The molecule has 5 rings (SSSR count). The number of benzene rings is 3. The molecule has 0 spiro atoms. The van der Waals surface area contributed by atoms with Crippen LogP contribution in [0.2, 0.25) is 10.0 Å². The van der Waals surface area contributed by atoms with E-state index in [1.807, 2.05) is 35.2 Å². The van der Waals surface area contributed by atoms with Crippen LogP contribution in [0, 0.1) is 0 Å². The van der Waals surface area contributed by atoms with E-state index < -0.39 is 0 Å². The largest absolute Gasteiger partial charge is 0.493 e. The molecule has 0 saturated carbocycles. The Morgan fingerprint density at radius 3 is 2.58 bits per heavy atom. The van der Waals surface area contributed by atoms with Crippen molar-refractivity contribution in [2.24, 2.45) is 4.99 Å². The number of ether oxygens (including phenoxy) is 2. The van der Waals surface area contributed by atoms with Crippen molar-refractivity contribution in [3.05, 3.63) is 92.3 Å². The van der Waals surface area contributed by atoms with Crippen LogP contribution >= 0.6 is 35.0 Å². The topological polar surface area (TPSA) is 80.2 Å². The van der Waals surface area contributed by atoms with Crippen LogP contribution in [0.5, 0.6) is 11.5 Å². The summed E-state index contributed by atoms with van der Waals surface area (Å²) >= 11 is 13.5. The Morgan fingerprint density at radius 2 is 1.82 bits per heavy atom. The van der Waals surface area contributed by atoms with E-state index in [0.717, 1.165) is 37.1 Å². The number of likely N-dealkylation sites (tertiary alicyclic amines) is 1. The minimum atomic E-state index is -0.261. The van der Waals surface area contributed by atoms with Crippen molar-refractivity contribution in [1.29, 1.82) is 0 Å². The average Bonchev–Trinajstić information content (AvgIpc) is 3.32. The molecule has 2 saturated heterocycles. The minimum absolute atomic E-state index is 0.0827. The van der Waals surface area contributed by atoms with E-state index in [-0.39, 0.29) is 11.8 Å². The lowest BCUT2D eigenvalue weighted by Gasteiger charge is -2.26. The lowest BCUT2D eigenvalue weighted by atomic mass is 10.1. The van der Waals surface area contributed by atoms with Crippen molar-refractivity contribution in [3.8, 4) is 11.5 Å². The third kappa shape index (κ3) is 6.63. The van der Waals surface area contributed by atoms with Gasteiger partial charge in [0, 0.05) is 18.7 Å². The molecule has 206 valence electrons. The number of nitrogens with zero attached hydrogens (tertiary/aromatic N) is 2. The number of amidine groups is 1. The number of halogens is 2. The van der Waals surface area contributed by atoms with Crippen molar-refractivity contribution in [3.63, 3.8) is 0 Å². The van der Waals surface area contributed by atoms with Gasteiger partial charge in [-0.1, -0.05) is 47.5 Å². The van der Waals surface area contributed by atoms with E-state index in [2.05, 4.69) is 10.3 Å². The summed E-state index contributed by atoms with van der Waals surface area (Å²) in [6.07, 6.45) is 5.07. The summed E-state index contributed by atoms with van der Waals surface area (Å²) in [5.41, 5.74) is 2.88. The number of carbonyl (C=O) groups is 2. The molecule has 0 unspecified atom stereocenters. The second-order valence-electron chi connectivity index (χ2n) is 9.30. The van der Waals surface area contributed by atoms with E-state index in [1.165, 1.54) is 18.2 Å². The molecule has 2 fully saturated rings. The Kier molecular flexibility index (Phi) is 8.99. The highest BCUT2D eigenvalue weighted by molar-refractivity contribution is 8.18. The lowest BCUT2D eigenvalue weighted by molar-refractivity contribution is -0.115. The van der Waals surface area contributed by atoms with Gasteiger partial charge in [0.25, 0.3) is 11.8 Å². The van der Waals surface area contributed by atoms with Crippen molar-refractivity contribution >= 4 is 63.7 Å². The normalized spacial score (nSPS) is 17.3. The van der Waals surface area contributed by atoms with Crippen molar-refractivity contribution in [2.45, 2.75) is 25.9 Å². The van der Waals surface area contributed by atoms with E-state index in [4.69, 9.17) is 32.7 Å². The molecule has 0 aliphatic carbocycles. The average molecular weight is 597 g/mol. The van der Waals surface area contributed by atoms with E-state index in [0.29, 0.717) is 49.5 Å². The maximum absolute atomic E-state index is 12.7. The van der Waals surface area contributed by atoms with Crippen LogP contribution in [0.3, 0.4) is 0 Å². The first kappa shape index (κ1) is 28.1. The number of hydrogen-bond acceptors (Lipinski definition) is 6. The highest BCUT2D eigenvalue weighted by atomic mass is 35.5. The molecule has 0 aromatic heterocycles. The summed E-state index contributed by atoms with van der Waals surface area (Å²) in [5, 5.41) is 3.88. The van der Waals surface area contributed by atoms with Gasteiger partial charge in [0.2, 0.25) is 0 Å². The molecule has 2 aliphatic heterocycles. The maximum Gasteiger partial charge on any atom is 0.264 e. The fraction of sp³-hybridized carbons (Fsp3) is 0.233. The number of methoxy groups -OCH3 is 1. The highest BCUT2D eigenvalue weighted by Gasteiger charge is 2.24. The van der Waals surface area contributed by atoms with Crippen LogP contribution in [0.25, 0.3) is 6.08 Å². The first-order valence-electron chi connectivity index (χ1n) is 12.8. The van der Waals surface area contributed by atoms with Gasteiger partial charge < -0.3 is 19.7 Å². The molecule has 2 heterocycles. The molecule has 3 aromatic rings. The monoisotopic (exact) mass is 595 g/mol. The van der Waals surface area contributed by atoms with Gasteiger partial charge in [-0.25, -0.2) is 4.99 Å². The van der Waals surface area contributed by atoms with Gasteiger partial charge in [-0.2, -0.15) is 0 Å². The second-order valence-corrected chi connectivity index (χ2v) is 11.1. The number of thioether (sulfide) groups is 1. The maximum atomic E-state index is 12.7. The summed E-state index contributed by atoms with van der Waals surface area (Å²) in [6, 6.07) is 18.1. The number of nitrogens with one attached hydrogen (secondary N) is 1. The van der Waals surface area contributed by atoms with Crippen LogP contribution in [0.15, 0.2) is 70.6 Å². The van der Waals surface area contributed by atoms with Crippen LogP contribution in [0.1, 0.15) is 40.7 Å². The van der Waals surface area contributed by atoms with E-state index >= 15 is 0 Å². The number of hydrogen-bond donors (Lipinski definition) is 1. The standard InChI is InChI=1S/C30H27Cl2N3O4S/c1-38-25-16-20(17-26-28(36)34-30(40-26)33-23-7-5-6-22(31)27(23)32)10-13-24(25)39-18-19-8-11-21(12-9-19)29(37)35-14-3-2-4-15-35/h5-13,16-17H,2-4,14-15,18H2,1H3,(H,33,34,36)/b26-17-. The molecule has 2 amide bonds. The zero-order chi connectivity index (χ0) is 28.1. The Balaban J connectivity index is 1.23. The van der Waals surface area contributed by atoms with Crippen LogP contribution in [-0.2, 0) is 11.4 Å². The zero-order valence-electron chi connectivity index (χ0n) is 21.8. The Hall–Kier alpha value is -3.46. The molecule has 40 heavy (non-hydrogen) atoms. The van der Waals surface area contributed by atoms with Crippen molar-refractivity contribution < 1.29 is 19.1 Å². The third-order valence-electron chi connectivity index (χ3n) is 6.53. The van der Waals surface area contributed by atoms with Crippen molar-refractivity contribution in [1.82, 2.24) is 10.2 Å². The third-order valence-corrected chi connectivity index (χ3v) is 8.25. The predicted molar refractivity (Wildman–Crippen MR) is 161 cm³/mol. The molecule has 3 aromatic carbocycles. The first-order chi connectivity index (χ1) is 19.4. The summed E-state index contributed by atoms with van der Waals surface area (Å²) < 4.78 is 11.6. The van der Waals surface area contributed by atoms with E-state index in [9.17, 15) is 9.59 Å². The van der Waals surface area contributed by atoms with Gasteiger partial charge >= 0.3 is 0 Å². The molecule has 0 radical (unpaired) electrons. The van der Waals surface area contributed by atoms with Gasteiger partial charge in [-0.3, -0.25) is 9.59 Å². The van der Waals surface area contributed by atoms with Gasteiger partial charge in [-0.05, 0) is 84.6 Å². The van der Waals surface area contributed by atoms with E-state index in [1.54, 1.807) is 43.5 Å². The van der Waals surface area contributed by atoms with Crippen LogP contribution in [0.4, 0.5) is 5.69 Å². The molecular formula is C30H27Cl2N3O4S. The fourth-order valence-corrected chi connectivity index (χ4v) is 5.57. The molecule has 1 N–H and O–H groups in total. The summed E-state index contributed by atoms with van der Waals surface area (Å²) in [4.78, 5) is 32.1. The number of piperidine rings is 1. The molecular weight excluding hydrogens is 569 g/mol. The van der Waals surface area contributed by atoms with Gasteiger partial charge in [0.1, 0.15) is 6.61 Å². The fourth-order valence-electron chi connectivity index (χ4n) is 4.40. The van der Waals surface area contributed by atoms with Crippen molar-refractivity contribution in [2.75, 3.05) is 20.2 Å². The number of rotatable bonds is 7. The minimum Gasteiger partial charge on any atom is -0.493 e. The summed E-state index contributed by atoms with van der Waals surface area (Å²) in [6.45, 7) is 1.97. The van der Waals surface area contributed by atoms with Gasteiger partial charge in [0.05, 0.1) is 27.7 Å². The molecule has 0 bridgehead atoms. The Morgan fingerprint density at radius 1 is 1.05 bits per heavy atom. The predicted octanol–water partition coefficient (Wildman–Crippen LogP) is 7.10. The second kappa shape index (κ2) is 12.8. The summed E-state index contributed by atoms with van der Waals surface area (Å²) in [5.74, 6) is 0.927. The molecule has 2 aliphatic rings. The summed E-state index contributed by atoms with van der Waals surface area (Å²) in [7, 11) is 1.57. The molecule has 10 heteroatoms. The SMILES string of the molecule is COc1cc(/C=C2\SC(=Nc3cccc(Cl)c3Cl)NC2=O)ccc1OCc1ccc(C(=O)N2CCCCC2)cc1. The smallest absolute Gasteiger partial charge is 0.264 e. The van der Waals surface area contributed by atoms with Gasteiger partial charge in [0.15, 0.2) is 16.7 Å². The lowest BCUT2D eigenvalue weighted by Crippen LogP contribution is -2.35. The molecule has 0 atom stereocenters. The van der Waals surface area contributed by atoms with Crippen LogP contribution < -0.4 is 14.8 Å². The molecule has 7 nitrogen and oxygen atoms in total. The van der Waals surface area contributed by atoms with Gasteiger partial charge in [-0.15, -0.1) is 0 Å². The quantitative estimate of drug-likeness (QED) is 0.295. The number of amides is 2.